The van der Waals surface area contributed by atoms with E-state index in [0.29, 0.717) is 12.5 Å². The van der Waals surface area contributed by atoms with E-state index in [1.54, 1.807) is 0 Å². The van der Waals surface area contributed by atoms with E-state index in [4.69, 9.17) is 5.11 Å². The Hall–Kier alpha value is -2.11. The highest BCUT2D eigenvalue weighted by Gasteiger charge is 2.27. The van der Waals surface area contributed by atoms with Crippen molar-refractivity contribution in [1.29, 1.82) is 0 Å². The Morgan fingerprint density at radius 1 is 1.45 bits per heavy atom. The third-order valence-corrected chi connectivity index (χ3v) is 3.75. The summed E-state index contributed by atoms with van der Waals surface area (Å²) in [5.41, 5.74) is -0.516. The SMILES string of the molecule is CC(C)C(C)(C)CNc1cccc(C(=O)O)c1[N+](=O)[O-]. The number of rotatable bonds is 6. The van der Waals surface area contributed by atoms with Gasteiger partial charge < -0.3 is 10.4 Å². The van der Waals surface area contributed by atoms with Crippen LogP contribution in [0.5, 0.6) is 0 Å². The van der Waals surface area contributed by atoms with Gasteiger partial charge in [-0.25, -0.2) is 4.79 Å². The molecule has 0 radical (unpaired) electrons. The molecule has 0 unspecified atom stereocenters. The highest BCUT2D eigenvalue weighted by molar-refractivity contribution is 5.95. The molecule has 2 N–H and O–H groups in total. The molecule has 0 fully saturated rings. The molecule has 1 aromatic carbocycles. The molecule has 0 amide bonds. The van der Waals surface area contributed by atoms with E-state index in [0.717, 1.165) is 0 Å². The van der Waals surface area contributed by atoms with Crippen molar-refractivity contribution in [1.82, 2.24) is 0 Å². The van der Waals surface area contributed by atoms with Crippen molar-refractivity contribution in [3.8, 4) is 0 Å². The van der Waals surface area contributed by atoms with Crippen LogP contribution < -0.4 is 5.32 Å². The van der Waals surface area contributed by atoms with Crippen molar-refractivity contribution in [3.05, 3.63) is 33.9 Å². The number of nitrogens with one attached hydrogen (secondary N) is 1. The predicted octanol–water partition coefficient (Wildman–Crippen LogP) is 3.39. The van der Waals surface area contributed by atoms with Gasteiger partial charge in [-0.15, -0.1) is 0 Å². The zero-order chi connectivity index (χ0) is 15.5. The third kappa shape index (κ3) is 3.46. The van der Waals surface area contributed by atoms with Crippen LogP contribution in [0.2, 0.25) is 0 Å². The standard InChI is InChI=1S/C14H20N2O4/c1-9(2)14(3,4)8-15-11-7-5-6-10(13(17)18)12(11)16(19)20/h5-7,9,15H,8H2,1-4H3,(H,17,18). The fraction of sp³-hybridized carbons (Fsp3) is 0.500. The van der Waals surface area contributed by atoms with Crippen molar-refractivity contribution in [2.24, 2.45) is 11.3 Å². The van der Waals surface area contributed by atoms with E-state index >= 15 is 0 Å². The average molecular weight is 280 g/mol. The van der Waals surface area contributed by atoms with Gasteiger partial charge >= 0.3 is 11.7 Å². The van der Waals surface area contributed by atoms with Gasteiger partial charge in [0.15, 0.2) is 0 Å². The molecular formula is C14H20N2O4. The number of nitrogens with zero attached hydrogens (tertiary/aromatic N) is 1. The van der Waals surface area contributed by atoms with Crippen molar-refractivity contribution < 1.29 is 14.8 Å². The van der Waals surface area contributed by atoms with Gasteiger partial charge in [0.2, 0.25) is 0 Å². The molecule has 6 nitrogen and oxygen atoms in total. The van der Waals surface area contributed by atoms with E-state index in [2.05, 4.69) is 33.0 Å². The molecule has 0 aliphatic rings. The first kappa shape index (κ1) is 15.9. The van der Waals surface area contributed by atoms with Crippen LogP contribution in [0.25, 0.3) is 0 Å². The minimum absolute atomic E-state index is 0.0624. The summed E-state index contributed by atoms with van der Waals surface area (Å²) >= 11 is 0. The molecule has 0 bridgehead atoms. The lowest BCUT2D eigenvalue weighted by Gasteiger charge is -2.29. The van der Waals surface area contributed by atoms with Crippen LogP contribution in [0.1, 0.15) is 38.1 Å². The number of carbonyl (C=O) groups is 1. The van der Waals surface area contributed by atoms with E-state index < -0.39 is 10.9 Å². The van der Waals surface area contributed by atoms with Gasteiger partial charge in [-0.3, -0.25) is 10.1 Å². The van der Waals surface area contributed by atoms with Gasteiger partial charge in [0.05, 0.1) is 4.92 Å². The quantitative estimate of drug-likeness (QED) is 0.615. The lowest BCUT2D eigenvalue weighted by atomic mass is 9.81. The largest absolute Gasteiger partial charge is 0.477 e. The topological polar surface area (TPSA) is 92.5 Å². The second-order valence-electron chi connectivity index (χ2n) is 5.76. The molecule has 0 spiro atoms. The minimum Gasteiger partial charge on any atom is -0.477 e. The molecule has 1 rings (SSSR count). The average Bonchev–Trinajstić information content (AvgIpc) is 2.35. The van der Waals surface area contributed by atoms with Gasteiger partial charge in [0.1, 0.15) is 11.3 Å². The van der Waals surface area contributed by atoms with Crippen LogP contribution in [0.3, 0.4) is 0 Å². The summed E-state index contributed by atoms with van der Waals surface area (Å²) in [4.78, 5) is 21.5. The Kier molecular flexibility index (Phi) is 4.70. The first-order valence-corrected chi connectivity index (χ1v) is 6.41. The van der Waals surface area contributed by atoms with Gasteiger partial charge in [-0.1, -0.05) is 33.8 Å². The molecule has 0 aliphatic carbocycles. The van der Waals surface area contributed by atoms with Gasteiger partial charge in [-0.05, 0) is 23.5 Å². The molecule has 0 saturated heterocycles. The lowest BCUT2D eigenvalue weighted by molar-refractivity contribution is -0.384. The molecule has 20 heavy (non-hydrogen) atoms. The number of para-hydroxylation sites is 1. The highest BCUT2D eigenvalue weighted by Crippen LogP contribution is 2.31. The summed E-state index contributed by atoms with van der Waals surface area (Å²) in [6.07, 6.45) is 0. The van der Waals surface area contributed by atoms with Crippen LogP contribution in [0.15, 0.2) is 18.2 Å². The summed E-state index contributed by atoms with van der Waals surface area (Å²) < 4.78 is 0. The maximum atomic E-state index is 11.1. The maximum Gasteiger partial charge on any atom is 0.342 e. The summed E-state index contributed by atoms with van der Waals surface area (Å²) in [5.74, 6) is -0.916. The van der Waals surface area contributed by atoms with E-state index in [-0.39, 0.29) is 22.4 Å². The monoisotopic (exact) mass is 280 g/mol. The Labute approximate surface area is 118 Å². The van der Waals surface area contributed by atoms with E-state index in [9.17, 15) is 14.9 Å². The fourth-order valence-corrected chi connectivity index (χ4v) is 1.58. The number of aromatic carboxylic acids is 1. The normalized spacial score (nSPS) is 11.4. The molecular weight excluding hydrogens is 260 g/mol. The molecule has 1 aromatic rings. The number of nitro groups is 1. The lowest BCUT2D eigenvalue weighted by Crippen LogP contribution is -2.28. The minimum atomic E-state index is -1.30. The highest BCUT2D eigenvalue weighted by atomic mass is 16.6. The van der Waals surface area contributed by atoms with E-state index in [1.807, 2.05) is 0 Å². The Morgan fingerprint density at radius 2 is 2.05 bits per heavy atom. The van der Waals surface area contributed by atoms with Crippen LogP contribution in [-0.2, 0) is 0 Å². The Bertz CT molecular complexity index is 524. The van der Waals surface area contributed by atoms with Crippen molar-refractivity contribution in [3.63, 3.8) is 0 Å². The number of hydrogen-bond donors (Lipinski definition) is 2. The number of carboxylic acid groups (broad SMARTS) is 1. The fourth-order valence-electron chi connectivity index (χ4n) is 1.58. The van der Waals surface area contributed by atoms with Crippen LogP contribution >= 0.6 is 0 Å². The van der Waals surface area contributed by atoms with Crippen molar-refractivity contribution in [2.75, 3.05) is 11.9 Å². The van der Waals surface area contributed by atoms with Gasteiger partial charge in [0, 0.05) is 6.54 Å². The zero-order valence-corrected chi connectivity index (χ0v) is 12.1. The molecule has 0 aromatic heterocycles. The summed E-state index contributed by atoms with van der Waals surface area (Å²) in [5, 5.41) is 23.1. The molecule has 0 heterocycles. The molecule has 6 heteroatoms. The first-order valence-electron chi connectivity index (χ1n) is 6.41. The maximum absolute atomic E-state index is 11.1. The molecule has 0 saturated carbocycles. The van der Waals surface area contributed by atoms with Crippen LogP contribution in [0, 0.1) is 21.4 Å². The predicted molar refractivity (Wildman–Crippen MR) is 77.2 cm³/mol. The van der Waals surface area contributed by atoms with Crippen molar-refractivity contribution >= 4 is 17.3 Å². The Balaban J connectivity index is 3.10. The Morgan fingerprint density at radius 3 is 2.50 bits per heavy atom. The summed E-state index contributed by atoms with van der Waals surface area (Å²) in [6, 6.07) is 4.27. The van der Waals surface area contributed by atoms with Crippen molar-refractivity contribution in [2.45, 2.75) is 27.7 Å². The van der Waals surface area contributed by atoms with Gasteiger partial charge in [0.25, 0.3) is 0 Å². The number of hydrogen-bond acceptors (Lipinski definition) is 4. The number of carboxylic acids is 1. The number of benzene rings is 1. The van der Waals surface area contributed by atoms with Gasteiger partial charge in [-0.2, -0.15) is 0 Å². The molecule has 0 atom stereocenters. The first-order chi connectivity index (χ1) is 9.16. The number of anilines is 1. The van der Waals surface area contributed by atoms with Crippen LogP contribution in [0.4, 0.5) is 11.4 Å². The van der Waals surface area contributed by atoms with E-state index in [1.165, 1.54) is 18.2 Å². The third-order valence-electron chi connectivity index (χ3n) is 3.75. The molecule has 0 aliphatic heterocycles. The van der Waals surface area contributed by atoms with Crippen LogP contribution in [-0.4, -0.2) is 22.5 Å². The second-order valence-corrected chi connectivity index (χ2v) is 5.76. The smallest absolute Gasteiger partial charge is 0.342 e. The second kappa shape index (κ2) is 5.90. The number of nitro benzene ring substituents is 1. The summed E-state index contributed by atoms with van der Waals surface area (Å²) in [7, 11) is 0. The summed E-state index contributed by atoms with van der Waals surface area (Å²) in [6.45, 7) is 8.78. The molecule has 110 valence electrons. The zero-order valence-electron chi connectivity index (χ0n) is 12.1.